The number of benzene rings is 1. The van der Waals surface area contributed by atoms with Gasteiger partial charge in [-0.25, -0.2) is 0 Å². The van der Waals surface area contributed by atoms with Crippen molar-refractivity contribution in [2.75, 3.05) is 0 Å². The molecule has 0 fully saturated rings. The van der Waals surface area contributed by atoms with E-state index < -0.39 is 14.4 Å². The molecule has 0 saturated carbocycles. The Morgan fingerprint density at radius 3 is 2.29 bits per heavy atom. The van der Waals surface area contributed by atoms with Gasteiger partial charge in [-0.05, 0) is 13.8 Å². The fourth-order valence-electron chi connectivity index (χ4n) is 1.13. The van der Waals surface area contributed by atoms with Crippen LogP contribution in [0.1, 0.15) is 13.8 Å². The Morgan fingerprint density at radius 1 is 1.21 bits per heavy atom. The van der Waals surface area contributed by atoms with Crippen molar-refractivity contribution in [3.63, 3.8) is 0 Å². The molecule has 0 spiro atoms. The van der Waals surface area contributed by atoms with Crippen LogP contribution < -0.4 is 5.19 Å². The predicted octanol–water partition coefficient (Wildman–Crippen LogP) is 1.88. The van der Waals surface area contributed by atoms with Crippen molar-refractivity contribution in [2.24, 2.45) is 0 Å². The first-order chi connectivity index (χ1) is 6.49. The molecule has 0 saturated heterocycles. The third kappa shape index (κ3) is 3.90. The lowest BCUT2D eigenvalue weighted by Gasteiger charge is -2.12. The lowest BCUT2D eigenvalue weighted by atomic mass is 10.1. The number of rotatable bonds is 3. The fourth-order valence-corrected chi connectivity index (χ4v) is 2.69. The second-order valence-corrected chi connectivity index (χ2v) is 6.31. The normalized spacial score (nSPS) is 12.6. The highest BCUT2D eigenvalue weighted by Crippen LogP contribution is 2.03. The molecule has 1 radical (unpaired) electrons. The van der Waals surface area contributed by atoms with Crippen LogP contribution in [0, 0.1) is 0 Å². The largest absolute Gasteiger partial charge is 0.386 e. The first-order valence-corrected chi connectivity index (χ1v) is 6.87. The highest BCUT2D eigenvalue weighted by molar-refractivity contribution is 6.76. The minimum atomic E-state index is -0.694. The van der Waals surface area contributed by atoms with Gasteiger partial charge in [0.05, 0.1) is 5.60 Å². The number of hydrogen-bond acceptors (Lipinski definition) is 1. The Balaban J connectivity index is 2.69. The molecule has 0 amide bonds. The summed E-state index contributed by atoms with van der Waals surface area (Å²) in [6.07, 6.45) is 1.88. The maximum Gasteiger partial charge on any atom is 0.109 e. The standard InChI is InChI=1S/C12H17OSi/c1-12(2,13)9-10-14(3)11-7-5-4-6-8-11/h4-10,13H,1-3H3. The fraction of sp³-hybridized carbons (Fsp3) is 0.333. The molecule has 0 aliphatic rings. The Bertz CT molecular complexity index is 298. The molecule has 1 rings (SSSR count). The van der Waals surface area contributed by atoms with Gasteiger partial charge in [-0.15, -0.1) is 0 Å². The van der Waals surface area contributed by atoms with Crippen molar-refractivity contribution in [3.05, 3.63) is 42.1 Å². The summed E-state index contributed by atoms with van der Waals surface area (Å²) in [5, 5.41) is 10.9. The quantitative estimate of drug-likeness (QED) is 0.747. The van der Waals surface area contributed by atoms with Crippen molar-refractivity contribution < 1.29 is 5.11 Å². The van der Waals surface area contributed by atoms with Gasteiger partial charge in [0.15, 0.2) is 0 Å². The van der Waals surface area contributed by atoms with E-state index in [0.29, 0.717) is 0 Å². The molecule has 2 heteroatoms. The first-order valence-electron chi connectivity index (χ1n) is 4.79. The predicted molar refractivity (Wildman–Crippen MR) is 63.1 cm³/mol. The van der Waals surface area contributed by atoms with Gasteiger partial charge < -0.3 is 5.11 Å². The summed E-state index contributed by atoms with van der Waals surface area (Å²) in [5.41, 5.74) is 1.45. The van der Waals surface area contributed by atoms with E-state index in [1.165, 1.54) is 5.19 Å². The smallest absolute Gasteiger partial charge is 0.109 e. The lowest BCUT2D eigenvalue weighted by Crippen LogP contribution is -2.25. The molecule has 0 aromatic heterocycles. The summed E-state index contributed by atoms with van der Waals surface area (Å²) >= 11 is 0. The molecule has 1 aromatic carbocycles. The zero-order valence-electron chi connectivity index (χ0n) is 8.99. The average Bonchev–Trinajstić information content (AvgIpc) is 2.14. The lowest BCUT2D eigenvalue weighted by molar-refractivity contribution is 0.133. The van der Waals surface area contributed by atoms with E-state index in [2.05, 4.69) is 36.5 Å². The number of hydrogen-bond donors (Lipinski definition) is 1. The third-order valence-electron chi connectivity index (χ3n) is 1.97. The summed E-state index contributed by atoms with van der Waals surface area (Å²) in [7, 11) is -0.641. The zero-order valence-corrected chi connectivity index (χ0v) is 9.99. The van der Waals surface area contributed by atoms with Gasteiger partial charge in [0.25, 0.3) is 0 Å². The van der Waals surface area contributed by atoms with E-state index in [4.69, 9.17) is 0 Å². The minimum absolute atomic E-state index is 0.641. The van der Waals surface area contributed by atoms with Gasteiger partial charge in [-0.3, -0.25) is 0 Å². The maximum atomic E-state index is 9.54. The highest BCUT2D eigenvalue weighted by atomic mass is 28.3. The Labute approximate surface area is 87.7 Å². The molecule has 1 aromatic rings. The van der Waals surface area contributed by atoms with E-state index in [0.717, 1.165) is 0 Å². The molecular weight excluding hydrogens is 188 g/mol. The molecular formula is C12H17OSi. The van der Waals surface area contributed by atoms with Gasteiger partial charge in [0, 0.05) is 0 Å². The van der Waals surface area contributed by atoms with Crippen LogP contribution in [0.3, 0.4) is 0 Å². The van der Waals surface area contributed by atoms with Crippen LogP contribution in [-0.2, 0) is 0 Å². The van der Waals surface area contributed by atoms with Crippen LogP contribution in [-0.4, -0.2) is 19.5 Å². The molecule has 14 heavy (non-hydrogen) atoms. The van der Waals surface area contributed by atoms with E-state index in [-0.39, 0.29) is 0 Å². The van der Waals surface area contributed by atoms with Gasteiger partial charge >= 0.3 is 0 Å². The maximum absolute atomic E-state index is 9.54. The Hall–Kier alpha value is -0.863. The second-order valence-electron chi connectivity index (χ2n) is 4.04. The molecule has 75 valence electrons. The van der Waals surface area contributed by atoms with Crippen LogP contribution in [0.2, 0.25) is 6.55 Å². The average molecular weight is 205 g/mol. The molecule has 1 N–H and O–H groups in total. The summed E-state index contributed by atoms with van der Waals surface area (Å²) in [6, 6.07) is 10.4. The van der Waals surface area contributed by atoms with Crippen LogP contribution >= 0.6 is 0 Å². The van der Waals surface area contributed by atoms with Gasteiger partial charge in [-0.1, -0.05) is 53.8 Å². The number of aliphatic hydroxyl groups is 1. The van der Waals surface area contributed by atoms with Crippen molar-refractivity contribution >= 4 is 14.0 Å². The molecule has 1 nitrogen and oxygen atoms in total. The monoisotopic (exact) mass is 205 g/mol. The van der Waals surface area contributed by atoms with Gasteiger partial charge in [0.1, 0.15) is 8.80 Å². The summed E-state index contributed by atoms with van der Waals surface area (Å²) < 4.78 is 0. The molecule has 0 atom stereocenters. The van der Waals surface area contributed by atoms with E-state index in [1.54, 1.807) is 13.8 Å². The van der Waals surface area contributed by atoms with Crippen molar-refractivity contribution in [1.82, 2.24) is 0 Å². The molecule has 0 bridgehead atoms. The van der Waals surface area contributed by atoms with Gasteiger partial charge in [-0.2, -0.15) is 0 Å². The minimum Gasteiger partial charge on any atom is -0.386 e. The first kappa shape index (κ1) is 11.2. The van der Waals surface area contributed by atoms with Crippen molar-refractivity contribution in [3.8, 4) is 0 Å². The van der Waals surface area contributed by atoms with Crippen molar-refractivity contribution in [1.29, 1.82) is 0 Å². The van der Waals surface area contributed by atoms with Crippen LogP contribution in [0.25, 0.3) is 0 Å². The molecule has 0 aliphatic carbocycles. The van der Waals surface area contributed by atoms with E-state index in [1.807, 2.05) is 12.1 Å². The van der Waals surface area contributed by atoms with Crippen molar-refractivity contribution in [2.45, 2.75) is 26.0 Å². The van der Waals surface area contributed by atoms with Gasteiger partial charge in [0.2, 0.25) is 0 Å². The van der Waals surface area contributed by atoms with E-state index in [9.17, 15) is 5.11 Å². The molecule has 0 unspecified atom stereocenters. The SMILES string of the molecule is C[Si](C=CC(C)(C)O)c1ccccc1. The summed E-state index contributed by atoms with van der Waals surface area (Å²) in [4.78, 5) is 0. The summed E-state index contributed by atoms with van der Waals surface area (Å²) in [5.74, 6) is 0. The van der Waals surface area contributed by atoms with Crippen LogP contribution in [0.5, 0.6) is 0 Å². The second kappa shape index (κ2) is 4.58. The summed E-state index contributed by atoms with van der Waals surface area (Å²) in [6.45, 7) is 5.82. The van der Waals surface area contributed by atoms with Crippen LogP contribution in [0.15, 0.2) is 42.1 Å². The Morgan fingerprint density at radius 2 is 1.79 bits per heavy atom. The zero-order chi connectivity index (χ0) is 10.6. The molecule has 0 aliphatic heterocycles. The highest BCUT2D eigenvalue weighted by Gasteiger charge is 2.08. The van der Waals surface area contributed by atoms with Crippen LogP contribution in [0.4, 0.5) is 0 Å². The topological polar surface area (TPSA) is 20.2 Å². The Kier molecular flexibility index (Phi) is 3.67. The van der Waals surface area contributed by atoms with E-state index >= 15 is 0 Å². The third-order valence-corrected chi connectivity index (χ3v) is 3.88. The molecule has 0 heterocycles.